The molecule has 10 nitrogen and oxygen atoms in total. The summed E-state index contributed by atoms with van der Waals surface area (Å²) >= 11 is 0. The van der Waals surface area contributed by atoms with Gasteiger partial charge in [-0.25, -0.2) is 0 Å². The maximum Gasteiger partial charge on any atom is 0.155 e. The monoisotopic (exact) mass is 1650 g/mol. The first-order valence-electron chi connectivity index (χ1n) is 51.3. The zero-order valence-corrected chi connectivity index (χ0v) is 77.5. The molecule has 21 saturated carbocycles. The van der Waals surface area contributed by atoms with Gasteiger partial charge in [0.2, 0.25) is 0 Å². The van der Waals surface area contributed by atoms with E-state index in [0.717, 1.165) is 191 Å². The normalized spacial score (nSPS) is 55.6. The standard InChI is InChI=1S/C24H31NO.C23H29NO.C23H31NO.C22H29NO.C21H27NO/c1-4-9-24(14-25)20-13-18(20)21-17-6-5-15-12-16(26)7-10-22(15,2)19(17)8-11-23(21,24)3;1-21-5-3-13(25)9-19(21)23(7-8-23)11-16-17(21)4-6-22(2)18(12-24)14-10-15(14)20(16)22;1-20(14-24)7-5-18-16-13-23(10-11-23)19-12-15(25)4-8-21(19,2)17(16)6-9-22(18,20)3;1-20-8-6-14(24)10-13(20)4-5-15-17(20)7-9-21(2)19(15)16-11-18(16)22(21,3)12-23;1-20-7-5-13(23)9-12(20)3-4-14-17(20)6-8-21(2)18(11-22)15-10-16(15)19(14)21/h4,12,17-21H,1,5-11,13H2,2-3H3;9,14-18,20H,3-8,10-11H2,1-2H3;12,16-18H,4-11,13H2,1-3H3;10,15-19H,4-9,11H2,1-3H3;9,14-19H,3-8,10H2,1-2H3/t17-,18-,19+,20+,21-,22+,23+,24+;14-,15+,16+,17-,18-,20-,21+,22+;16-,17+,18+,20-,21-,22+;15-,16-,17+,18+,19-,20+,21+,22+;14-,15-,16+,17+,18+,19-,20+,21-/m10111/s1. The van der Waals surface area contributed by atoms with Crippen molar-refractivity contribution in [1.82, 2.24) is 0 Å². The molecule has 654 valence electrons. The Bertz CT molecular complexity index is 5020. The Balaban J connectivity index is 0.0000000917. The van der Waals surface area contributed by atoms with Gasteiger partial charge < -0.3 is 0 Å². The molecule has 0 heterocycles. The molecule has 0 unspecified atom stereocenters. The Morgan fingerprint density at radius 3 is 1.14 bits per heavy atom. The third-order valence-corrected chi connectivity index (χ3v) is 48.4. The predicted octanol–water partition coefficient (Wildman–Crippen LogP) is 25.2. The van der Waals surface area contributed by atoms with Crippen molar-refractivity contribution >= 4 is 28.9 Å². The molecule has 0 N–H and O–H groups in total. The van der Waals surface area contributed by atoms with Crippen LogP contribution in [-0.2, 0) is 24.0 Å². The largest absolute Gasteiger partial charge is 0.295 e. The second-order valence-electron chi connectivity index (χ2n) is 51.9. The van der Waals surface area contributed by atoms with E-state index in [2.05, 4.69) is 132 Å². The molecule has 0 aromatic heterocycles. The van der Waals surface area contributed by atoms with Crippen LogP contribution in [0.1, 0.15) is 333 Å². The molecule has 2 spiro atoms. The van der Waals surface area contributed by atoms with E-state index >= 15 is 0 Å². The lowest BCUT2D eigenvalue weighted by atomic mass is 9.43. The molecule has 0 aromatic carbocycles. The molecule has 0 bridgehead atoms. The van der Waals surface area contributed by atoms with Gasteiger partial charge in [0.05, 0.1) is 58.4 Å². The number of fused-ring (bicyclic) bond motifs is 35. The van der Waals surface area contributed by atoms with Crippen molar-refractivity contribution in [1.29, 1.82) is 26.3 Å². The Hall–Kier alpha value is -5.76. The third kappa shape index (κ3) is 10.9. The first-order valence-corrected chi connectivity index (χ1v) is 51.3. The molecule has 0 radical (unpaired) electrons. The van der Waals surface area contributed by atoms with Crippen molar-refractivity contribution in [2.24, 2.45) is 229 Å². The van der Waals surface area contributed by atoms with Gasteiger partial charge >= 0.3 is 0 Å². The summed E-state index contributed by atoms with van der Waals surface area (Å²) in [4.78, 5) is 60.2. The highest BCUT2D eigenvalue weighted by Gasteiger charge is 2.80. The van der Waals surface area contributed by atoms with Crippen LogP contribution in [-0.4, -0.2) is 28.9 Å². The second kappa shape index (κ2) is 27.0. The van der Waals surface area contributed by atoms with Crippen molar-refractivity contribution in [3.05, 3.63) is 70.9 Å². The summed E-state index contributed by atoms with van der Waals surface area (Å²) in [5, 5.41) is 49.8. The molecule has 26 aliphatic rings. The van der Waals surface area contributed by atoms with Crippen LogP contribution in [0.5, 0.6) is 0 Å². The first-order chi connectivity index (χ1) is 58.5. The molecule has 123 heavy (non-hydrogen) atoms. The van der Waals surface area contributed by atoms with E-state index in [1.807, 2.05) is 24.3 Å². The number of hydrogen-bond acceptors (Lipinski definition) is 10. The average Bonchev–Trinajstić information content (AvgIpc) is 1.50. The Morgan fingerprint density at radius 2 is 0.699 bits per heavy atom. The highest BCUT2D eigenvalue weighted by Crippen LogP contribution is 2.85. The van der Waals surface area contributed by atoms with Gasteiger partial charge in [-0.15, -0.1) is 6.58 Å². The number of ketones is 5. The van der Waals surface area contributed by atoms with E-state index in [-0.39, 0.29) is 70.4 Å². The van der Waals surface area contributed by atoms with Crippen LogP contribution in [0.3, 0.4) is 0 Å². The lowest BCUT2D eigenvalue weighted by Crippen LogP contribution is -2.54. The van der Waals surface area contributed by atoms with Crippen LogP contribution in [0.4, 0.5) is 0 Å². The highest BCUT2D eigenvalue weighted by molar-refractivity contribution is 5.94. The zero-order valence-electron chi connectivity index (χ0n) is 77.5. The van der Waals surface area contributed by atoms with Crippen molar-refractivity contribution in [3.8, 4) is 30.3 Å². The number of rotatable bonds is 2. The van der Waals surface area contributed by atoms with Crippen molar-refractivity contribution < 1.29 is 24.0 Å². The fourth-order valence-electron chi connectivity index (χ4n) is 41.4. The van der Waals surface area contributed by atoms with E-state index in [4.69, 9.17) is 0 Å². The van der Waals surface area contributed by atoms with Gasteiger partial charge in [0.25, 0.3) is 0 Å². The maximum atomic E-state index is 12.2. The average molecular weight is 1660 g/mol. The maximum absolute atomic E-state index is 12.2. The first kappa shape index (κ1) is 82.9. The lowest BCUT2D eigenvalue weighted by Gasteiger charge is -2.61. The van der Waals surface area contributed by atoms with Gasteiger partial charge in [-0.3, -0.25) is 24.0 Å². The summed E-state index contributed by atoms with van der Waals surface area (Å²) in [6.07, 6.45) is 57.0. The summed E-state index contributed by atoms with van der Waals surface area (Å²) in [6, 6.07) is 13.8. The van der Waals surface area contributed by atoms with Gasteiger partial charge in [-0.05, 0) is 464 Å². The molecule has 21 fully saturated rings. The van der Waals surface area contributed by atoms with Crippen molar-refractivity contribution in [2.45, 2.75) is 333 Å². The Labute approximate surface area is 738 Å². The van der Waals surface area contributed by atoms with E-state index in [0.29, 0.717) is 93.0 Å². The zero-order chi connectivity index (χ0) is 86.1. The van der Waals surface area contributed by atoms with Crippen molar-refractivity contribution in [2.75, 3.05) is 0 Å². The number of hydrogen-bond donors (Lipinski definition) is 0. The molecule has 26 rings (SSSR count). The minimum atomic E-state index is -0.172. The predicted molar refractivity (Wildman–Crippen MR) is 476 cm³/mol. The summed E-state index contributed by atoms with van der Waals surface area (Å²) < 4.78 is 0. The number of carbonyl (C=O) groups is 5. The third-order valence-electron chi connectivity index (χ3n) is 48.4. The molecule has 0 amide bonds. The second-order valence-corrected chi connectivity index (χ2v) is 51.9. The van der Waals surface area contributed by atoms with Gasteiger partial charge in [-0.2, -0.15) is 26.3 Å². The summed E-state index contributed by atoms with van der Waals surface area (Å²) in [6.45, 7) is 33.1. The van der Waals surface area contributed by atoms with Gasteiger partial charge in [0.1, 0.15) is 0 Å². The SMILES string of the molecule is C=CC[C@]1(C#N)[C@H]2C[C@H]2[C@H]2[C@@H]3CCC4=CC(=O)CC[C@]4(C)[C@H]3CC[C@@]21C.C[C@]12CCC(=O)C=C1C1(CC1)C[C@@H]1[C@@H]2CC[C@@]2(C)[C@H]1CC[C@]2(C)C#N.C[C@]12CCC(=O)C=C1CC[C@H]1[C@@H]3[C@@H]4C[C@@H]4[C@](C)(C#N)[C@@]3(C)CC[C@@H]12.C[C@]12CC[C@H]3[C@@H](CC4(CC4)C4=CC(=O)CC[C@@]43C)[C@@H]1[C@@H]1C[C@@H]1[C@@H]2C#N.C[C@]12CC[C@H]3[C@@H](CCC4=CC(=O)CC[C@@]43C)[C@@H]1[C@H]1C[C@H]1[C@@H]2C#N. The van der Waals surface area contributed by atoms with Crippen LogP contribution < -0.4 is 0 Å². The van der Waals surface area contributed by atoms with Crippen LogP contribution in [0.25, 0.3) is 0 Å². The topological polar surface area (TPSA) is 204 Å². The molecule has 0 aromatic rings. The summed E-state index contributed by atoms with van der Waals surface area (Å²) in [5.74, 6) is 19.8. The van der Waals surface area contributed by atoms with Gasteiger partial charge in [0.15, 0.2) is 28.9 Å². The van der Waals surface area contributed by atoms with Gasteiger partial charge in [-0.1, -0.05) is 103 Å². The van der Waals surface area contributed by atoms with Crippen LogP contribution in [0.2, 0.25) is 0 Å². The number of carbonyl (C=O) groups excluding carboxylic acids is 5. The fraction of sp³-hybridized carbons (Fsp3) is 0.805. The quantitative estimate of drug-likeness (QED) is 0.239. The molecule has 26 aliphatic carbocycles. The molecular weight excluding hydrogens is 1510 g/mol. The fourth-order valence-corrected chi connectivity index (χ4v) is 41.4. The van der Waals surface area contributed by atoms with Gasteiger partial charge in [0, 0.05) is 32.1 Å². The van der Waals surface area contributed by atoms with Crippen molar-refractivity contribution in [3.63, 3.8) is 0 Å². The van der Waals surface area contributed by atoms with E-state index in [1.165, 1.54) is 171 Å². The minimum Gasteiger partial charge on any atom is -0.295 e. The van der Waals surface area contributed by atoms with E-state index in [9.17, 15) is 50.3 Å². The number of nitrogens with zero attached hydrogens (tertiary/aromatic N) is 5. The number of nitriles is 5. The van der Waals surface area contributed by atoms with Crippen LogP contribution in [0, 0.1) is 286 Å². The smallest absolute Gasteiger partial charge is 0.155 e. The Kier molecular flexibility index (Phi) is 18.2. The van der Waals surface area contributed by atoms with Crippen LogP contribution in [0.15, 0.2) is 70.9 Å². The van der Waals surface area contributed by atoms with E-state index in [1.54, 1.807) is 11.1 Å². The summed E-state index contributed by atoms with van der Waals surface area (Å²) in [7, 11) is 0. The van der Waals surface area contributed by atoms with Crippen LogP contribution >= 0.6 is 0 Å². The molecular formula is C113H147N5O5. The molecule has 0 aliphatic heterocycles. The highest BCUT2D eigenvalue weighted by atomic mass is 16.1. The van der Waals surface area contributed by atoms with E-state index < -0.39 is 0 Å². The minimum absolute atomic E-state index is 0.104. The number of allylic oxidation sites excluding steroid dienone is 6. The summed E-state index contributed by atoms with van der Waals surface area (Å²) in [5.41, 5.74) is 10.2. The molecule has 0 saturated heterocycles. The lowest BCUT2D eigenvalue weighted by molar-refractivity contribution is -0.119. The Morgan fingerprint density at radius 1 is 0.325 bits per heavy atom. The molecule has 10 heteroatoms. The molecule has 38 atom stereocenters.